The minimum absolute atomic E-state index is 0.242. The van der Waals surface area contributed by atoms with Crippen LogP contribution >= 0.6 is 0 Å². The fourth-order valence-corrected chi connectivity index (χ4v) is 2.43. The highest BCUT2D eigenvalue weighted by Crippen LogP contribution is 2.22. The Labute approximate surface area is 82.7 Å². The van der Waals surface area contributed by atoms with Gasteiger partial charge in [-0.15, -0.1) is 0 Å². The molecule has 0 bridgehead atoms. The van der Waals surface area contributed by atoms with Crippen molar-refractivity contribution in [3.05, 3.63) is 0 Å². The number of hydrogen-bond acceptors (Lipinski definition) is 2. The minimum atomic E-state index is 0.242. The molecular weight excluding hydrogens is 160 g/mol. The monoisotopic (exact) mass is 184 g/mol. The maximum atomic E-state index is 3.68. The molecule has 1 saturated heterocycles. The maximum Gasteiger partial charge on any atom is 0.0257 e. The van der Waals surface area contributed by atoms with Gasteiger partial charge in [-0.1, -0.05) is 0 Å². The van der Waals surface area contributed by atoms with Crippen LogP contribution in [-0.2, 0) is 0 Å². The predicted molar refractivity (Wildman–Crippen MR) is 58.0 cm³/mol. The van der Waals surface area contributed by atoms with Crippen molar-refractivity contribution in [2.75, 3.05) is 13.1 Å². The Morgan fingerprint density at radius 2 is 1.38 bits per heavy atom. The lowest BCUT2D eigenvalue weighted by molar-refractivity contribution is 0.0564. The van der Waals surface area contributed by atoms with E-state index in [1.165, 1.54) is 0 Å². The third-order valence-corrected chi connectivity index (χ3v) is 2.60. The molecule has 0 saturated carbocycles. The third-order valence-electron chi connectivity index (χ3n) is 2.60. The normalized spacial score (nSPS) is 27.9. The first-order valence-corrected chi connectivity index (χ1v) is 5.25. The number of rotatable bonds is 1. The molecular formula is C11H24N2. The Morgan fingerprint density at radius 1 is 1.00 bits per heavy atom. The lowest BCUT2D eigenvalue weighted by atomic mass is 9.91. The highest BCUT2D eigenvalue weighted by molar-refractivity contribution is 4.98. The molecule has 0 spiro atoms. The molecule has 1 heterocycles. The first kappa shape index (κ1) is 11.0. The molecule has 78 valence electrons. The second-order valence-electron chi connectivity index (χ2n) is 5.89. The molecule has 13 heavy (non-hydrogen) atoms. The smallest absolute Gasteiger partial charge is 0.0257 e. The van der Waals surface area contributed by atoms with Gasteiger partial charge in [-0.3, -0.25) is 4.90 Å². The second kappa shape index (κ2) is 3.25. The Morgan fingerprint density at radius 3 is 1.69 bits per heavy atom. The van der Waals surface area contributed by atoms with Crippen LogP contribution in [0.3, 0.4) is 0 Å². The summed E-state index contributed by atoms with van der Waals surface area (Å²) >= 11 is 0. The van der Waals surface area contributed by atoms with Gasteiger partial charge < -0.3 is 5.32 Å². The standard InChI is InChI=1S/C11H24N2/c1-9(2)13-7-10(3,4)12-11(5,6)8-13/h9,12H,7-8H2,1-6H3. The molecule has 2 nitrogen and oxygen atoms in total. The lowest BCUT2D eigenvalue weighted by Crippen LogP contribution is -2.67. The van der Waals surface area contributed by atoms with Crippen LogP contribution in [0.5, 0.6) is 0 Å². The van der Waals surface area contributed by atoms with Gasteiger partial charge in [-0.05, 0) is 41.5 Å². The Bertz CT molecular complexity index is 167. The molecule has 0 aromatic carbocycles. The number of nitrogens with zero attached hydrogens (tertiary/aromatic N) is 1. The summed E-state index contributed by atoms with van der Waals surface area (Å²) in [7, 11) is 0. The van der Waals surface area contributed by atoms with E-state index in [0.29, 0.717) is 6.04 Å². The molecule has 1 aliphatic rings. The average Bonchev–Trinajstić information content (AvgIpc) is 1.79. The predicted octanol–water partition coefficient (Wildman–Crippen LogP) is 1.86. The van der Waals surface area contributed by atoms with E-state index in [1.54, 1.807) is 0 Å². The van der Waals surface area contributed by atoms with Crippen molar-refractivity contribution in [2.45, 2.75) is 58.7 Å². The van der Waals surface area contributed by atoms with E-state index in [2.05, 4.69) is 51.8 Å². The zero-order chi connectivity index (χ0) is 10.3. The summed E-state index contributed by atoms with van der Waals surface area (Å²) in [5, 5.41) is 3.68. The van der Waals surface area contributed by atoms with Gasteiger partial charge in [-0.25, -0.2) is 0 Å². The molecule has 2 heteroatoms. The van der Waals surface area contributed by atoms with Gasteiger partial charge in [0.2, 0.25) is 0 Å². The summed E-state index contributed by atoms with van der Waals surface area (Å²) in [6.45, 7) is 16.0. The van der Waals surface area contributed by atoms with Crippen LogP contribution in [0.1, 0.15) is 41.5 Å². The van der Waals surface area contributed by atoms with Crippen molar-refractivity contribution >= 4 is 0 Å². The molecule has 0 amide bonds. The number of nitrogens with one attached hydrogen (secondary N) is 1. The highest BCUT2D eigenvalue weighted by Gasteiger charge is 2.36. The van der Waals surface area contributed by atoms with Gasteiger partial charge in [0.05, 0.1) is 0 Å². The molecule has 1 aliphatic heterocycles. The molecule has 0 unspecified atom stereocenters. The first-order chi connectivity index (χ1) is 5.72. The zero-order valence-corrected chi connectivity index (χ0v) is 9.94. The van der Waals surface area contributed by atoms with Crippen LogP contribution in [0.15, 0.2) is 0 Å². The van der Waals surface area contributed by atoms with Crippen molar-refractivity contribution in [2.24, 2.45) is 0 Å². The van der Waals surface area contributed by atoms with Crippen LogP contribution in [0, 0.1) is 0 Å². The fraction of sp³-hybridized carbons (Fsp3) is 1.00. The Balaban J connectivity index is 2.72. The van der Waals surface area contributed by atoms with Crippen molar-refractivity contribution in [1.29, 1.82) is 0 Å². The largest absolute Gasteiger partial charge is 0.304 e. The van der Waals surface area contributed by atoms with Crippen LogP contribution < -0.4 is 5.32 Å². The van der Waals surface area contributed by atoms with Crippen molar-refractivity contribution in [3.8, 4) is 0 Å². The number of piperazine rings is 1. The van der Waals surface area contributed by atoms with Crippen LogP contribution in [0.4, 0.5) is 0 Å². The van der Waals surface area contributed by atoms with Crippen LogP contribution in [0.25, 0.3) is 0 Å². The van der Waals surface area contributed by atoms with E-state index in [-0.39, 0.29) is 11.1 Å². The minimum Gasteiger partial charge on any atom is -0.304 e. The van der Waals surface area contributed by atoms with E-state index in [1.807, 2.05) is 0 Å². The SMILES string of the molecule is CC(C)N1CC(C)(C)NC(C)(C)C1. The molecule has 0 aliphatic carbocycles. The molecule has 1 rings (SSSR count). The van der Waals surface area contributed by atoms with E-state index < -0.39 is 0 Å². The topological polar surface area (TPSA) is 15.3 Å². The second-order valence-corrected chi connectivity index (χ2v) is 5.89. The van der Waals surface area contributed by atoms with Gasteiger partial charge in [0.15, 0.2) is 0 Å². The maximum absolute atomic E-state index is 3.68. The summed E-state index contributed by atoms with van der Waals surface area (Å²) in [6, 6.07) is 0.653. The Kier molecular flexibility index (Phi) is 2.75. The lowest BCUT2D eigenvalue weighted by Gasteiger charge is -2.49. The zero-order valence-electron chi connectivity index (χ0n) is 9.94. The van der Waals surface area contributed by atoms with E-state index >= 15 is 0 Å². The summed E-state index contributed by atoms with van der Waals surface area (Å²) in [4.78, 5) is 2.55. The van der Waals surface area contributed by atoms with E-state index in [4.69, 9.17) is 0 Å². The molecule has 0 atom stereocenters. The van der Waals surface area contributed by atoms with Gasteiger partial charge in [0.1, 0.15) is 0 Å². The highest BCUT2D eigenvalue weighted by atomic mass is 15.3. The van der Waals surface area contributed by atoms with E-state index in [0.717, 1.165) is 13.1 Å². The van der Waals surface area contributed by atoms with Gasteiger partial charge in [0, 0.05) is 30.2 Å². The van der Waals surface area contributed by atoms with Crippen molar-refractivity contribution in [1.82, 2.24) is 10.2 Å². The molecule has 0 aromatic rings. The van der Waals surface area contributed by atoms with Crippen LogP contribution in [-0.4, -0.2) is 35.1 Å². The fourth-order valence-electron chi connectivity index (χ4n) is 2.43. The Hall–Kier alpha value is -0.0800. The first-order valence-electron chi connectivity index (χ1n) is 5.25. The van der Waals surface area contributed by atoms with E-state index in [9.17, 15) is 0 Å². The summed E-state index contributed by atoms with van der Waals surface area (Å²) < 4.78 is 0. The summed E-state index contributed by atoms with van der Waals surface area (Å²) in [5.41, 5.74) is 0.484. The summed E-state index contributed by atoms with van der Waals surface area (Å²) in [6.07, 6.45) is 0. The third kappa shape index (κ3) is 2.96. The summed E-state index contributed by atoms with van der Waals surface area (Å²) in [5.74, 6) is 0. The quantitative estimate of drug-likeness (QED) is 0.669. The van der Waals surface area contributed by atoms with Crippen LogP contribution in [0.2, 0.25) is 0 Å². The molecule has 0 radical (unpaired) electrons. The molecule has 1 fully saturated rings. The molecule has 1 N–H and O–H groups in total. The van der Waals surface area contributed by atoms with Crippen molar-refractivity contribution < 1.29 is 0 Å². The average molecular weight is 184 g/mol. The number of hydrogen-bond donors (Lipinski definition) is 1. The van der Waals surface area contributed by atoms with Gasteiger partial charge in [-0.2, -0.15) is 0 Å². The van der Waals surface area contributed by atoms with Gasteiger partial charge >= 0.3 is 0 Å². The van der Waals surface area contributed by atoms with Crippen molar-refractivity contribution in [3.63, 3.8) is 0 Å². The molecule has 0 aromatic heterocycles. The van der Waals surface area contributed by atoms with Gasteiger partial charge in [0.25, 0.3) is 0 Å².